The number of phenols is 4. The van der Waals surface area contributed by atoms with Crippen LogP contribution in [0.1, 0.15) is 39.3 Å². The molecule has 0 heterocycles. The van der Waals surface area contributed by atoms with Crippen LogP contribution in [0, 0.1) is 20.8 Å². The SMILES string of the molecule is Cc1cc(C)c(C(c2cc(-c3ccc(O)cc3)ccc2O)c2cc(-c3ccc(O)cc3)ccc2O)c(C)c1. The van der Waals surface area contributed by atoms with E-state index in [0.29, 0.717) is 11.1 Å². The van der Waals surface area contributed by atoms with Crippen molar-refractivity contribution in [3.8, 4) is 45.3 Å². The maximum Gasteiger partial charge on any atom is 0.119 e. The Balaban J connectivity index is 1.77. The van der Waals surface area contributed by atoms with Crippen molar-refractivity contribution < 1.29 is 20.4 Å². The Bertz CT molecular complexity index is 1500. The molecule has 4 nitrogen and oxygen atoms in total. The average molecular weight is 503 g/mol. The molecule has 4 heteroatoms. The van der Waals surface area contributed by atoms with Gasteiger partial charge in [-0.25, -0.2) is 0 Å². The first-order chi connectivity index (χ1) is 18.2. The molecule has 0 amide bonds. The van der Waals surface area contributed by atoms with E-state index in [1.165, 1.54) is 0 Å². The summed E-state index contributed by atoms with van der Waals surface area (Å²) in [6.07, 6.45) is 0. The van der Waals surface area contributed by atoms with Crippen molar-refractivity contribution in [2.45, 2.75) is 26.7 Å². The molecule has 38 heavy (non-hydrogen) atoms. The van der Waals surface area contributed by atoms with Crippen molar-refractivity contribution in [3.63, 3.8) is 0 Å². The lowest BCUT2D eigenvalue weighted by molar-refractivity contribution is 0.458. The van der Waals surface area contributed by atoms with Gasteiger partial charge in [0, 0.05) is 17.0 Å². The minimum Gasteiger partial charge on any atom is -0.508 e. The Morgan fingerprint density at radius 3 is 1.21 bits per heavy atom. The smallest absolute Gasteiger partial charge is 0.119 e. The van der Waals surface area contributed by atoms with E-state index < -0.39 is 5.92 Å². The summed E-state index contributed by atoms with van der Waals surface area (Å²) >= 11 is 0. The van der Waals surface area contributed by atoms with E-state index in [1.54, 1.807) is 36.4 Å². The lowest BCUT2D eigenvalue weighted by atomic mass is 9.78. The Hall–Kier alpha value is -4.70. The predicted octanol–water partition coefficient (Wildman–Crippen LogP) is 7.95. The van der Waals surface area contributed by atoms with E-state index in [9.17, 15) is 20.4 Å². The highest BCUT2D eigenvalue weighted by Crippen LogP contribution is 2.45. The van der Waals surface area contributed by atoms with Crippen LogP contribution in [0.3, 0.4) is 0 Å². The highest BCUT2D eigenvalue weighted by atomic mass is 16.3. The minimum atomic E-state index is -0.454. The van der Waals surface area contributed by atoms with Crippen molar-refractivity contribution in [1.82, 2.24) is 0 Å². The maximum atomic E-state index is 11.2. The van der Waals surface area contributed by atoms with E-state index in [-0.39, 0.29) is 23.0 Å². The molecule has 0 saturated heterocycles. The monoisotopic (exact) mass is 502 g/mol. The molecule has 4 N–H and O–H groups in total. The van der Waals surface area contributed by atoms with Crippen LogP contribution in [0.4, 0.5) is 0 Å². The fourth-order valence-corrected chi connectivity index (χ4v) is 5.36. The number of hydrogen-bond acceptors (Lipinski definition) is 4. The summed E-state index contributed by atoms with van der Waals surface area (Å²) in [4.78, 5) is 0. The lowest BCUT2D eigenvalue weighted by Gasteiger charge is -2.26. The first-order valence-corrected chi connectivity index (χ1v) is 12.5. The van der Waals surface area contributed by atoms with Gasteiger partial charge in [-0.3, -0.25) is 0 Å². The molecule has 0 fully saturated rings. The summed E-state index contributed by atoms with van der Waals surface area (Å²) in [5.74, 6) is 0.183. The van der Waals surface area contributed by atoms with Gasteiger partial charge in [-0.2, -0.15) is 0 Å². The molecule has 0 bridgehead atoms. The van der Waals surface area contributed by atoms with Crippen LogP contribution < -0.4 is 0 Å². The van der Waals surface area contributed by atoms with Gasteiger partial charge < -0.3 is 20.4 Å². The van der Waals surface area contributed by atoms with E-state index in [2.05, 4.69) is 32.9 Å². The van der Waals surface area contributed by atoms with E-state index >= 15 is 0 Å². The number of hydrogen-bond donors (Lipinski definition) is 4. The van der Waals surface area contributed by atoms with Crippen LogP contribution in [0.5, 0.6) is 23.0 Å². The van der Waals surface area contributed by atoms with Crippen molar-refractivity contribution in [2.75, 3.05) is 0 Å². The van der Waals surface area contributed by atoms with Crippen molar-refractivity contribution in [1.29, 1.82) is 0 Å². The average Bonchev–Trinajstić information content (AvgIpc) is 2.88. The summed E-state index contributed by atoms with van der Waals surface area (Å²) in [7, 11) is 0. The third-order valence-electron chi connectivity index (χ3n) is 7.11. The highest BCUT2D eigenvalue weighted by Gasteiger charge is 2.27. The first-order valence-electron chi connectivity index (χ1n) is 12.5. The van der Waals surface area contributed by atoms with Gasteiger partial charge in [-0.15, -0.1) is 0 Å². The Morgan fingerprint density at radius 1 is 0.447 bits per heavy atom. The van der Waals surface area contributed by atoms with Gasteiger partial charge in [-0.05, 0) is 108 Å². The standard InChI is InChI=1S/C34H30O4/c1-20-16-21(2)33(22(3)17-20)34(29-18-25(8-14-31(29)37)23-4-10-27(35)11-5-23)30-19-26(9-15-32(30)38)24-6-12-28(36)13-7-24/h4-19,34-38H,1-3H3. The zero-order valence-corrected chi connectivity index (χ0v) is 21.6. The van der Waals surface area contributed by atoms with Gasteiger partial charge >= 0.3 is 0 Å². The molecule has 0 saturated carbocycles. The second-order valence-electron chi connectivity index (χ2n) is 9.89. The van der Waals surface area contributed by atoms with Crippen LogP contribution in [-0.4, -0.2) is 20.4 Å². The van der Waals surface area contributed by atoms with Crippen LogP contribution in [0.25, 0.3) is 22.3 Å². The molecular formula is C34H30O4. The van der Waals surface area contributed by atoms with E-state index in [4.69, 9.17) is 0 Å². The molecule has 0 radical (unpaired) electrons. The van der Waals surface area contributed by atoms with E-state index in [0.717, 1.165) is 44.5 Å². The van der Waals surface area contributed by atoms with Gasteiger partial charge in [-0.1, -0.05) is 54.1 Å². The second-order valence-corrected chi connectivity index (χ2v) is 9.89. The molecule has 5 aromatic carbocycles. The van der Waals surface area contributed by atoms with E-state index in [1.807, 2.05) is 48.5 Å². The third-order valence-corrected chi connectivity index (χ3v) is 7.11. The van der Waals surface area contributed by atoms with Crippen LogP contribution >= 0.6 is 0 Å². The summed E-state index contributed by atoms with van der Waals surface area (Å²) < 4.78 is 0. The van der Waals surface area contributed by atoms with Crippen LogP contribution in [0.15, 0.2) is 97.1 Å². The van der Waals surface area contributed by atoms with Crippen molar-refractivity contribution in [3.05, 3.63) is 130 Å². The molecule has 0 aliphatic heterocycles. The third kappa shape index (κ3) is 4.81. The molecule has 0 atom stereocenters. The molecule has 0 aromatic heterocycles. The summed E-state index contributed by atoms with van der Waals surface area (Å²) in [5, 5.41) is 41.9. The molecule has 0 spiro atoms. The summed E-state index contributed by atoms with van der Waals surface area (Å²) in [6, 6.07) is 29.1. The Morgan fingerprint density at radius 2 is 0.816 bits per heavy atom. The number of aryl methyl sites for hydroxylation is 3. The zero-order valence-electron chi connectivity index (χ0n) is 21.6. The molecular weight excluding hydrogens is 472 g/mol. The van der Waals surface area contributed by atoms with Gasteiger partial charge in [0.05, 0.1) is 0 Å². The first kappa shape index (κ1) is 25.0. The second kappa shape index (κ2) is 9.98. The maximum absolute atomic E-state index is 11.2. The fraction of sp³-hybridized carbons (Fsp3) is 0.118. The Kier molecular flexibility index (Phi) is 6.56. The lowest BCUT2D eigenvalue weighted by Crippen LogP contribution is -2.09. The molecule has 5 aromatic rings. The van der Waals surface area contributed by atoms with Crippen LogP contribution in [0.2, 0.25) is 0 Å². The summed E-state index contributed by atoms with van der Waals surface area (Å²) in [5.41, 5.74) is 9.22. The number of aromatic hydroxyl groups is 4. The largest absolute Gasteiger partial charge is 0.508 e. The number of phenolic OH excluding ortho intramolecular Hbond substituents is 4. The molecule has 0 aliphatic carbocycles. The summed E-state index contributed by atoms with van der Waals surface area (Å²) in [6.45, 7) is 6.18. The quantitative estimate of drug-likeness (QED) is 0.184. The Labute approximate surface area is 222 Å². The normalized spacial score (nSPS) is 11.2. The molecule has 0 unspecified atom stereocenters. The van der Waals surface area contributed by atoms with Crippen molar-refractivity contribution >= 4 is 0 Å². The van der Waals surface area contributed by atoms with Crippen LogP contribution in [-0.2, 0) is 0 Å². The van der Waals surface area contributed by atoms with Crippen molar-refractivity contribution in [2.24, 2.45) is 0 Å². The molecule has 190 valence electrons. The van der Waals surface area contributed by atoms with Gasteiger partial charge in [0.2, 0.25) is 0 Å². The van der Waals surface area contributed by atoms with Gasteiger partial charge in [0.15, 0.2) is 0 Å². The highest BCUT2D eigenvalue weighted by molar-refractivity contribution is 5.71. The number of benzene rings is 5. The van der Waals surface area contributed by atoms with Gasteiger partial charge in [0.25, 0.3) is 0 Å². The predicted molar refractivity (Wildman–Crippen MR) is 152 cm³/mol. The fourth-order valence-electron chi connectivity index (χ4n) is 5.36. The number of rotatable bonds is 5. The topological polar surface area (TPSA) is 80.9 Å². The minimum absolute atomic E-state index is 0.131. The zero-order chi connectivity index (χ0) is 27.0. The molecule has 0 aliphatic rings. The molecule has 5 rings (SSSR count). The van der Waals surface area contributed by atoms with Gasteiger partial charge in [0.1, 0.15) is 23.0 Å².